The van der Waals surface area contributed by atoms with Crippen LogP contribution in [0.15, 0.2) is 110 Å². The molecular formula is C39H33IrN5SSi-2. The minimum Gasteiger partial charge on any atom is -0.332 e. The predicted molar refractivity (Wildman–Crippen MR) is 195 cm³/mol. The van der Waals surface area contributed by atoms with Gasteiger partial charge in [-0.3, -0.25) is 9.97 Å². The van der Waals surface area contributed by atoms with Crippen LogP contribution in [0.2, 0.25) is 19.6 Å². The number of aryl methyl sites for hydroxylation is 2. The number of thiophene rings is 1. The Morgan fingerprint density at radius 2 is 1.62 bits per heavy atom. The van der Waals surface area contributed by atoms with Gasteiger partial charge in [0.15, 0.2) is 0 Å². The molecule has 0 aliphatic heterocycles. The number of fused-ring (bicyclic) bond motifs is 4. The molecule has 8 aromatic rings. The van der Waals surface area contributed by atoms with Crippen LogP contribution >= 0.6 is 11.3 Å². The topological polar surface area (TPSA) is 56.5 Å². The summed E-state index contributed by atoms with van der Waals surface area (Å²) < 4.78 is 3.34. The SMILES string of the molecule is C[Si](C)(C)c1ccc(-c2[c-]cccc2)nc1.Cc1ccc2c(n1)sc1c(-c3nc4ccncc4n3-c3ccccc3)[c-]cc(C)c12.[Ir]. The van der Waals surface area contributed by atoms with E-state index >= 15 is 0 Å². The molecule has 8 heteroatoms. The number of aromatic nitrogens is 5. The Hall–Kier alpha value is -4.33. The number of imidazole rings is 1. The summed E-state index contributed by atoms with van der Waals surface area (Å²) in [6.45, 7) is 11.2. The largest absolute Gasteiger partial charge is 0.332 e. The van der Waals surface area contributed by atoms with Crippen molar-refractivity contribution in [2.24, 2.45) is 0 Å². The first kappa shape index (κ1) is 32.6. The van der Waals surface area contributed by atoms with Crippen molar-refractivity contribution < 1.29 is 20.1 Å². The number of benzene rings is 3. The van der Waals surface area contributed by atoms with Crippen LogP contribution in [0.5, 0.6) is 0 Å². The van der Waals surface area contributed by atoms with Crippen molar-refractivity contribution >= 4 is 55.9 Å². The van der Waals surface area contributed by atoms with E-state index in [0.29, 0.717) is 0 Å². The number of hydrogen-bond donors (Lipinski definition) is 0. The van der Waals surface area contributed by atoms with Crippen LogP contribution in [0.4, 0.5) is 0 Å². The first-order valence-electron chi connectivity index (χ1n) is 15.3. The fourth-order valence-corrected chi connectivity index (χ4v) is 7.93. The molecule has 1 radical (unpaired) electrons. The molecule has 0 saturated heterocycles. The van der Waals surface area contributed by atoms with E-state index in [-0.39, 0.29) is 20.1 Å². The average Bonchev–Trinajstić information content (AvgIpc) is 3.65. The first-order chi connectivity index (χ1) is 22.3. The molecule has 235 valence electrons. The molecule has 0 aliphatic carbocycles. The first-order valence-corrected chi connectivity index (χ1v) is 19.6. The number of rotatable bonds is 4. The molecule has 5 nitrogen and oxygen atoms in total. The van der Waals surface area contributed by atoms with Crippen LogP contribution in [0.25, 0.3) is 59.7 Å². The van der Waals surface area contributed by atoms with E-state index in [4.69, 9.17) is 9.97 Å². The smallest absolute Gasteiger partial charge is 0.114 e. The van der Waals surface area contributed by atoms with Crippen molar-refractivity contribution in [2.75, 3.05) is 0 Å². The van der Waals surface area contributed by atoms with Gasteiger partial charge >= 0.3 is 0 Å². The number of para-hydroxylation sites is 1. The third-order valence-corrected chi connectivity index (χ3v) is 11.2. The molecule has 47 heavy (non-hydrogen) atoms. The minimum absolute atomic E-state index is 0. The van der Waals surface area contributed by atoms with Gasteiger partial charge < -0.3 is 9.55 Å². The molecule has 0 atom stereocenters. The molecule has 0 unspecified atom stereocenters. The van der Waals surface area contributed by atoms with E-state index in [9.17, 15) is 0 Å². The van der Waals surface area contributed by atoms with Gasteiger partial charge in [0.1, 0.15) is 4.83 Å². The van der Waals surface area contributed by atoms with E-state index in [0.717, 1.165) is 49.9 Å². The van der Waals surface area contributed by atoms with Gasteiger partial charge in [0.25, 0.3) is 0 Å². The zero-order valence-corrected chi connectivity index (χ0v) is 31.1. The van der Waals surface area contributed by atoms with Gasteiger partial charge in [0.2, 0.25) is 0 Å². The summed E-state index contributed by atoms with van der Waals surface area (Å²) in [5.74, 6) is 0.873. The van der Waals surface area contributed by atoms with Crippen molar-refractivity contribution in [2.45, 2.75) is 33.5 Å². The zero-order valence-electron chi connectivity index (χ0n) is 26.9. The molecule has 8 rings (SSSR count). The fourth-order valence-electron chi connectivity index (χ4n) is 5.60. The van der Waals surface area contributed by atoms with Crippen LogP contribution in [0.3, 0.4) is 0 Å². The molecule has 0 spiro atoms. The summed E-state index contributed by atoms with van der Waals surface area (Å²) in [4.78, 5) is 19.7. The molecule has 0 fully saturated rings. The third kappa shape index (κ3) is 6.47. The van der Waals surface area contributed by atoms with E-state index in [1.165, 1.54) is 26.2 Å². The summed E-state index contributed by atoms with van der Waals surface area (Å²) in [6, 6.07) is 37.5. The Labute approximate surface area is 293 Å². The Balaban J connectivity index is 0.000000194. The molecule has 0 bridgehead atoms. The predicted octanol–water partition coefficient (Wildman–Crippen LogP) is 9.36. The van der Waals surface area contributed by atoms with Gasteiger partial charge in [-0.1, -0.05) is 73.9 Å². The Kier molecular flexibility index (Phi) is 9.31. The summed E-state index contributed by atoms with van der Waals surface area (Å²) in [5, 5.41) is 3.82. The van der Waals surface area contributed by atoms with Crippen LogP contribution in [-0.4, -0.2) is 32.6 Å². The average molecular weight is 824 g/mol. The van der Waals surface area contributed by atoms with Gasteiger partial charge in [0, 0.05) is 49.3 Å². The van der Waals surface area contributed by atoms with Crippen LogP contribution < -0.4 is 5.19 Å². The molecule has 3 aromatic carbocycles. The van der Waals surface area contributed by atoms with Gasteiger partial charge in [0.05, 0.1) is 31.1 Å². The maximum Gasteiger partial charge on any atom is 0.114 e. The number of pyridine rings is 3. The standard InChI is InChI=1S/C25H17N4S.C14H16NSi.Ir/c1-15-8-10-19(23-22(15)18-11-9-16(2)27-25(18)30-23)24-28-20-12-13-26-14-21(20)29(24)17-6-4-3-5-7-17;1-16(2,3)13-9-10-14(15-11-13)12-7-5-4-6-8-12;/h3-9,11-14H,1-2H3;4-7,9-11H,1-3H3;/q2*-1;. The van der Waals surface area contributed by atoms with Crippen LogP contribution in [-0.2, 0) is 20.1 Å². The molecule has 0 saturated carbocycles. The van der Waals surface area contributed by atoms with Gasteiger partial charge in [-0.15, -0.1) is 53.6 Å². The van der Waals surface area contributed by atoms with Crippen molar-refractivity contribution in [1.82, 2.24) is 24.5 Å². The molecular weight excluding hydrogens is 791 g/mol. The maximum absolute atomic E-state index is 5.00. The summed E-state index contributed by atoms with van der Waals surface area (Å²) in [6.07, 6.45) is 5.68. The van der Waals surface area contributed by atoms with Gasteiger partial charge in [-0.2, -0.15) is 11.3 Å². The Bertz CT molecular complexity index is 2310. The molecule has 0 amide bonds. The van der Waals surface area contributed by atoms with Crippen LogP contribution in [0, 0.1) is 26.0 Å². The molecule has 5 heterocycles. The monoisotopic (exact) mass is 824 g/mol. The van der Waals surface area contributed by atoms with Crippen molar-refractivity contribution in [3.05, 3.63) is 133 Å². The quantitative estimate of drug-likeness (QED) is 0.131. The second-order valence-corrected chi connectivity index (χ2v) is 18.5. The van der Waals surface area contributed by atoms with Gasteiger partial charge in [-0.25, -0.2) is 4.98 Å². The van der Waals surface area contributed by atoms with E-state index in [2.05, 4.69) is 95.7 Å². The van der Waals surface area contributed by atoms with E-state index in [1.807, 2.05) is 67.8 Å². The minimum atomic E-state index is -1.23. The van der Waals surface area contributed by atoms with Crippen molar-refractivity contribution in [3.8, 4) is 28.3 Å². The molecule has 0 N–H and O–H groups in total. The molecule has 5 aromatic heterocycles. The van der Waals surface area contributed by atoms with Crippen molar-refractivity contribution in [3.63, 3.8) is 0 Å². The zero-order chi connectivity index (χ0) is 31.8. The summed E-state index contributed by atoms with van der Waals surface area (Å²) >= 11 is 1.71. The number of nitrogens with zero attached hydrogens (tertiary/aromatic N) is 5. The third-order valence-electron chi connectivity index (χ3n) is 8.06. The Morgan fingerprint density at radius 3 is 2.34 bits per heavy atom. The maximum atomic E-state index is 5.00. The summed E-state index contributed by atoms with van der Waals surface area (Å²) in [7, 11) is -1.23. The fraction of sp³-hybridized carbons (Fsp3) is 0.128. The van der Waals surface area contributed by atoms with E-state index < -0.39 is 8.07 Å². The molecule has 0 aliphatic rings. The van der Waals surface area contributed by atoms with Gasteiger partial charge in [-0.05, 0) is 46.8 Å². The number of hydrogen-bond acceptors (Lipinski definition) is 5. The van der Waals surface area contributed by atoms with E-state index in [1.54, 1.807) is 17.5 Å². The normalized spacial score (nSPS) is 11.3. The van der Waals surface area contributed by atoms with Crippen LogP contribution in [0.1, 0.15) is 11.3 Å². The Morgan fingerprint density at radius 1 is 0.809 bits per heavy atom. The summed E-state index contributed by atoms with van der Waals surface area (Å²) in [5.41, 5.74) is 8.25. The second-order valence-electron chi connectivity index (χ2n) is 12.4. The second kappa shape index (κ2) is 13.4. The van der Waals surface area contributed by atoms with Crippen molar-refractivity contribution in [1.29, 1.82) is 0 Å².